The summed E-state index contributed by atoms with van der Waals surface area (Å²) in [5.74, 6) is -2.31. The number of benzene rings is 2. The van der Waals surface area contributed by atoms with Crippen molar-refractivity contribution >= 4 is 28.8 Å². The molecule has 3 aromatic rings. The third kappa shape index (κ3) is 6.69. The number of ether oxygens (including phenoxy) is 1. The van der Waals surface area contributed by atoms with E-state index in [0.717, 1.165) is 16.5 Å². The van der Waals surface area contributed by atoms with Gasteiger partial charge in [0.2, 0.25) is 5.91 Å². The van der Waals surface area contributed by atoms with Crippen molar-refractivity contribution in [2.75, 3.05) is 13.2 Å². The molecule has 1 heterocycles. The summed E-state index contributed by atoms with van der Waals surface area (Å²) >= 11 is 0. The van der Waals surface area contributed by atoms with E-state index in [1.807, 2.05) is 37.3 Å². The average molecular weight is 481 g/mol. The van der Waals surface area contributed by atoms with Crippen molar-refractivity contribution in [1.29, 1.82) is 0 Å². The van der Waals surface area contributed by atoms with E-state index < -0.39 is 29.5 Å². The topological polar surface area (TPSA) is 135 Å². The molecule has 9 heteroatoms. The van der Waals surface area contributed by atoms with Gasteiger partial charge < -0.3 is 24.9 Å². The van der Waals surface area contributed by atoms with Crippen molar-refractivity contribution in [1.82, 2.24) is 10.6 Å². The lowest BCUT2D eigenvalue weighted by molar-refractivity contribution is -0.143. The van der Waals surface area contributed by atoms with Gasteiger partial charge in [0, 0.05) is 23.4 Å². The molecule has 0 aliphatic rings. The highest BCUT2D eigenvalue weighted by Gasteiger charge is 2.23. The largest absolute Gasteiger partial charge is 0.484 e. The number of aliphatic carboxylic acids is 1. The first kappa shape index (κ1) is 25.5. The molecule has 1 aromatic heterocycles. The molecule has 0 spiro atoms. The zero-order valence-electron chi connectivity index (χ0n) is 19.8. The highest BCUT2D eigenvalue weighted by atomic mass is 16.5. The van der Waals surface area contributed by atoms with Gasteiger partial charge >= 0.3 is 11.6 Å². The van der Waals surface area contributed by atoms with Crippen molar-refractivity contribution in [3.8, 4) is 5.75 Å². The molecule has 0 saturated heterocycles. The predicted molar refractivity (Wildman–Crippen MR) is 129 cm³/mol. The van der Waals surface area contributed by atoms with Crippen LogP contribution in [-0.4, -0.2) is 42.1 Å². The molecule has 2 aromatic carbocycles. The molecule has 0 fully saturated rings. The summed E-state index contributed by atoms with van der Waals surface area (Å²) in [6, 6.07) is 13.6. The van der Waals surface area contributed by atoms with E-state index in [-0.39, 0.29) is 19.1 Å². The molecule has 0 unspecified atom stereocenters. The lowest BCUT2D eigenvalue weighted by Gasteiger charge is -2.18. The molecule has 3 N–H and O–H groups in total. The number of carboxylic acids is 1. The van der Waals surface area contributed by atoms with Crippen LogP contribution in [0.4, 0.5) is 0 Å². The number of nitrogens with one attached hydrogen (secondary N) is 2. The van der Waals surface area contributed by atoms with Crippen LogP contribution in [0.3, 0.4) is 0 Å². The number of hydrogen-bond donors (Lipinski definition) is 3. The number of hydrogen-bond acceptors (Lipinski definition) is 6. The standard InChI is InChI=1S/C26H28N2O7/c1-15(2)24(25(31)32)28-22(29)13-27-23(30)14-34-18-9-10-19-16(3)20(26(33)35-21(19)12-18)11-17-7-5-4-6-8-17/h4-10,12,15,24H,11,13-14H2,1-3H3,(H,27,30)(H,28,29)(H,31,32)/t24-/m0/s1. The molecule has 2 amide bonds. The smallest absolute Gasteiger partial charge is 0.340 e. The summed E-state index contributed by atoms with van der Waals surface area (Å²) in [6.07, 6.45) is 0.460. The molecule has 0 bridgehead atoms. The first-order valence-electron chi connectivity index (χ1n) is 11.2. The van der Waals surface area contributed by atoms with Gasteiger partial charge in [-0.05, 0) is 36.1 Å². The minimum atomic E-state index is -1.15. The number of carbonyl (C=O) groups is 3. The summed E-state index contributed by atoms with van der Waals surface area (Å²) in [5, 5.41) is 14.6. The molecular weight excluding hydrogens is 452 g/mol. The Bertz CT molecular complexity index is 1280. The van der Waals surface area contributed by atoms with Crippen LogP contribution in [-0.2, 0) is 20.8 Å². The number of amides is 2. The summed E-state index contributed by atoms with van der Waals surface area (Å²) in [7, 11) is 0. The number of carbonyl (C=O) groups excluding carboxylic acids is 2. The number of aryl methyl sites for hydroxylation is 1. The summed E-state index contributed by atoms with van der Waals surface area (Å²) in [6.45, 7) is 4.45. The first-order chi connectivity index (χ1) is 16.7. The van der Waals surface area contributed by atoms with Crippen molar-refractivity contribution in [2.45, 2.75) is 33.2 Å². The Labute approximate surface area is 202 Å². The maximum atomic E-state index is 12.6. The van der Waals surface area contributed by atoms with Crippen molar-refractivity contribution in [3.63, 3.8) is 0 Å². The first-order valence-corrected chi connectivity index (χ1v) is 11.2. The maximum absolute atomic E-state index is 12.6. The quantitative estimate of drug-likeness (QED) is 0.379. The fourth-order valence-corrected chi connectivity index (χ4v) is 3.59. The van der Waals surface area contributed by atoms with Crippen LogP contribution in [0.2, 0.25) is 0 Å². The Kier molecular flexibility index (Phi) is 8.25. The van der Waals surface area contributed by atoms with Crippen molar-refractivity contribution in [2.24, 2.45) is 5.92 Å². The second kappa shape index (κ2) is 11.3. The molecule has 9 nitrogen and oxygen atoms in total. The molecule has 0 saturated carbocycles. The SMILES string of the molecule is Cc1c(Cc2ccccc2)c(=O)oc2cc(OCC(=O)NCC(=O)N[C@H](C(=O)O)C(C)C)ccc12. The van der Waals surface area contributed by atoms with Gasteiger partial charge in [-0.25, -0.2) is 9.59 Å². The summed E-state index contributed by atoms with van der Waals surface area (Å²) in [4.78, 5) is 47.7. The highest BCUT2D eigenvalue weighted by molar-refractivity contribution is 5.88. The Morgan fingerprint density at radius 1 is 1.06 bits per heavy atom. The van der Waals surface area contributed by atoms with Gasteiger partial charge in [0.05, 0.1) is 6.54 Å². The Morgan fingerprint density at radius 3 is 2.43 bits per heavy atom. The van der Waals surface area contributed by atoms with E-state index >= 15 is 0 Å². The van der Waals surface area contributed by atoms with Crippen LogP contribution in [0.15, 0.2) is 57.7 Å². The van der Waals surface area contributed by atoms with Crippen LogP contribution in [0.5, 0.6) is 5.75 Å². The van der Waals surface area contributed by atoms with Crippen molar-refractivity contribution in [3.05, 3.63) is 75.6 Å². The Morgan fingerprint density at radius 2 is 1.77 bits per heavy atom. The number of fused-ring (bicyclic) bond motifs is 1. The summed E-state index contributed by atoms with van der Waals surface area (Å²) in [5.41, 5.74) is 2.31. The van der Waals surface area contributed by atoms with Gasteiger partial charge in [0.1, 0.15) is 17.4 Å². The van der Waals surface area contributed by atoms with Crippen LogP contribution in [0.25, 0.3) is 11.0 Å². The molecular formula is C26H28N2O7. The van der Waals surface area contributed by atoms with Crippen LogP contribution >= 0.6 is 0 Å². The fourth-order valence-electron chi connectivity index (χ4n) is 3.59. The van der Waals surface area contributed by atoms with Gasteiger partial charge in [-0.3, -0.25) is 9.59 Å². The van der Waals surface area contributed by atoms with Crippen LogP contribution in [0, 0.1) is 12.8 Å². The Hall–Kier alpha value is -4.14. The van der Waals surface area contributed by atoms with E-state index in [0.29, 0.717) is 23.3 Å². The van der Waals surface area contributed by atoms with Crippen molar-refractivity contribution < 1.29 is 28.6 Å². The highest BCUT2D eigenvalue weighted by Crippen LogP contribution is 2.25. The van der Waals surface area contributed by atoms with Crippen LogP contribution < -0.4 is 21.0 Å². The molecule has 0 aliphatic carbocycles. The Balaban J connectivity index is 1.60. The van der Waals surface area contributed by atoms with Gasteiger partial charge in [-0.1, -0.05) is 44.2 Å². The van der Waals surface area contributed by atoms with E-state index in [1.165, 1.54) is 6.07 Å². The van der Waals surface area contributed by atoms with Crippen LogP contribution in [0.1, 0.15) is 30.5 Å². The molecule has 184 valence electrons. The maximum Gasteiger partial charge on any atom is 0.340 e. The lowest BCUT2D eigenvalue weighted by atomic mass is 10.00. The van der Waals surface area contributed by atoms with Gasteiger partial charge in [-0.2, -0.15) is 0 Å². The second-order valence-electron chi connectivity index (χ2n) is 8.51. The summed E-state index contributed by atoms with van der Waals surface area (Å²) < 4.78 is 11.0. The van der Waals surface area contributed by atoms with E-state index in [9.17, 15) is 19.2 Å². The number of rotatable bonds is 10. The van der Waals surface area contributed by atoms with Gasteiger partial charge in [-0.15, -0.1) is 0 Å². The minimum absolute atomic E-state index is 0.304. The fraction of sp³-hybridized carbons (Fsp3) is 0.308. The number of carboxylic acid groups (broad SMARTS) is 1. The zero-order valence-corrected chi connectivity index (χ0v) is 19.8. The van der Waals surface area contributed by atoms with E-state index in [2.05, 4.69) is 10.6 Å². The normalized spacial score (nSPS) is 11.8. The predicted octanol–water partition coefficient (Wildman–Crippen LogP) is 2.41. The molecule has 0 radical (unpaired) electrons. The molecule has 1 atom stereocenters. The zero-order chi connectivity index (χ0) is 25.5. The van der Waals surface area contributed by atoms with E-state index in [4.69, 9.17) is 14.3 Å². The average Bonchev–Trinajstić information content (AvgIpc) is 2.82. The molecule has 3 rings (SSSR count). The third-order valence-electron chi connectivity index (χ3n) is 5.55. The lowest BCUT2D eigenvalue weighted by Crippen LogP contribution is -2.48. The minimum Gasteiger partial charge on any atom is -0.484 e. The monoisotopic (exact) mass is 480 g/mol. The van der Waals surface area contributed by atoms with Gasteiger partial charge in [0.15, 0.2) is 6.61 Å². The van der Waals surface area contributed by atoms with Gasteiger partial charge in [0.25, 0.3) is 5.91 Å². The third-order valence-corrected chi connectivity index (χ3v) is 5.55. The second-order valence-corrected chi connectivity index (χ2v) is 8.51. The molecule has 35 heavy (non-hydrogen) atoms. The molecule has 0 aliphatic heterocycles. The van der Waals surface area contributed by atoms with E-state index in [1.54, 1.807) is 26.0 Å².